The normalized spacial score (nSPS) is 11.0. The predicted octanol–water partition coefficient (Wildman–Crippen LogP) is 3.74. The van der Waals surface area contributed by atoms with Crippen LogP contribution in [-0.2, 0) is 11.2 Å². The molecule has 0 aliphatic carbocycles. The van der Waals surface area contributed by atoms with E-state index in [1.54, 1.807) is 18.2 Å². The summed E-state index contributed by atoms with van der Waals surface area (Å²) in [7, 11) is 0. The van der Waals surface area contributed by atoms with E-state index >= 15 is 0 Å². The summed E-state index contributed by atoms with van der Waals surface area (Å²) in [6.45, 7) is 0. The van der Waals surface area contributed by atoms with Gasteiger partial charge in [-0.2, -0.15) is 0 Å². The molecule has 0 saturated heterocycles. The van der Waals surface area contributed by atoms with Gasteiger partial charge in [-0.3, -0.25) is 4.79 Å². The molecule has 5 heteroatoms. The van der Waals surface area contributed by atoms with Gasteiger partial charge in [-0.1, -0.05) is 12.1 Å². The van der Waals surface area contributed by atoms with Crippen LogP contribution in [0, 0.1) is 11.6 Å². The van der Waals surface area contributed by atoms with Crippen molar-refractivity contribution < 1.29 is 18.7 Å². The predicted molar refractivity (Wildman–Crippen MR) is 75.0 cm³/mol. The molecule has 106 valence electrons. The number of benzene rings is 2. The lowest BCUT2D eigenvalue weighted by Gasteiger charge is -2.04. The maximum Gasteiger partial charge on any atom is 0.307 e. The van der Waals surface area contributed by atoms with E-state index in [-0.39, 0.29) is 12.0 Å². The van der Waals surface area contributed by atoms with Crippen molar-refractivity contribution in [2.75, 3.05) is 0 Å². The second-order valence-corrected chi connectivity index (χ2v) is 4.72. The number of aliphatic carboxylic acids is 1. The number of rotatable bonds is 3. The van der Waals surface area contributed by atoms with E-state index < -0.39 is 17.6 Å². The van der Waals surface area contributed by atoms with Crippen LogP contribution >= 0.6 is 0 Å². The summed E-state index contributed by atoms with van der Waals surface area (Å²) in [6.07, 6.45) is -0.312. The summed E-state index contributed by atoms with van der Waals surface area (Å²) in [4.78, 5) is 14.0. The smallest absolute Gasteiger partial charge is 0.307 e. The van der Waals surface area contributed by atoms with Crippen LogP contribution in [0.4, 0.5) is 8.78 Å². The molecule has 0 spiro atoms. The van der Waals surface area contributed by atoms with Gasteiger partial charge in [0, 0.05) is 16.5 Å². The van der Waals surface area contributed by atoms with E-state index in [2.05, 4.69) is 4.98 Å². The molecule has 2 N–H and O–H groups in total. The fourth-order valence-electron chi connectivity index (χ4n) is 2.45. The first kappa shape index (κ1) is 13.3. The Bertz CT molecular complexity index is 839. The minimum Gasteiger partial charge on any atom is -0.481 e. The van der Waals surface area contributed by atoms with Crippen molar-refractivity contribution in [2.24, 2.45) is 0 Å². The number of carboxylic acid groups (broad SMARTS) is 1. The molecule has 21 heavy (non-hydrogen) atoms. The Morgan fingerprint density at radius 1 is 1.14 bits per heavy atom. The molecule has 0 fully saturated rings. The number of carbonyl (C=O) groups is 1. The van der Waals surface area contributed by atoms with Gasteiger partial charge in [0.2, 0.25) is 0 Å². The fourth-order valence-corrected chi connectivity index (χ4v) is 2.45. The first-order chi connectivity index (χ1) is 10.1. The third kappa shape index (κ3) is 2.38. The SMILES string of the molecule is O=C(O)Cc1c(-c2ccccc2F)[nH]c2ccc(F)cc12. The maximum atomic E-state index is 14.0. The number of fused-ring (bicyclic) bond motifs is 1. The molecule has 3 nitrogen and oxygen atoms in total. The number of halogens is 2. The molecule has 3 aromatic rings. The third-order valence-electron chi connectivity index (χ3n) is 3.34. The average molecular weight is 287 g/mol. The van der Waals surface area contributed by atoms with Gasteiger partial charge < -0.3 is 10.1 Å². The van der Waals surface area contributed by atoms with Crippen LogP contribution in [0.25, 0.3) is 22.2 Å². The van der Waals surface area contributed by atoms with Crippen molar-refractivity contribution in [2.45, 2.75) is 6.42 Å². The standard InChI is InChI=1S/C16H11F2NO2/c17-9-5-6-14-11(7-9)12(8-15(20)21)16(19-14)10-3-1-2-4-13(10)18/h1-7,19H,8H2,(H,20,21). The van der Waals surface area contributed by atoms with Crippen molar-refractivity contribution in [1.29, 1.82) is 0 Å². The number of nitrogens with one attached hydrogen (secondary N) is 1. The molecule has 2 aromatic carbocycles. The Morgan fingerprint density at radius 2 is 1.90 bits per heavy atom. The second-order valence-electron chi connectivity index (χ2n) is 4.72. The molecule has 1 aromatic heterocycles. The van der Waals surface area contributed by atoms with Gasteiger partial charge in [0.05, 0.1) is 12.1 Å². The molecular weight excluding hydrogens is 276 g/mol. The van der Waals surface area contributed by atoms with Crippen molar-refractivity contribution in [1.82, 2.24) is 4.98 Å². The maximum absolute atomic E-state index is 14.0. The lowest BCUT2D eigenvalue weighted by atomic mass is 10.0. The molecule has 0 saturated carbocycles. The fraction of sp³-hybridized carbons (Fsp3) is 0.0625. The zero-order chi connectivity index (χ0) is 15.0. The highest BCUT2D eigenvalue weighted by Gasteiger charge is 2.18. The topological polar surface area (TPSA) is 53.1 Å². The number of H-pyrrole nitrogens is 1. The molecule has 0 bridgehead atoms. The number of hydrogen-bond acceptors (Lipinski definition) is 1. The van der Waals surface area contributed by atoms with E-state index in [0.717, 1.165) is 0 Å². The van der Waals surface area contributed by atoms with Gasteiger partial charge in [-0.05, 0) is 35.9 Å². The van der Waals surface area contributed by atoms with Gasteiger partial charge in [-0.15, -0.1) is 0 Å². The minimum atomic E-state index is -1.06. The van der Waals surface area contributed by atoms with Gasteiger partial charge in [0.1, 0.15) is 11.6 Å². The Labute approximate surface area is 118 Å². The van der Waals surface area contributed by atoms with Crippen molar-refractivity contribution >= 4 is 16.9 Å². The number of hydrogen-bond donors (Lipinski definition) is 2. The summed E-state index contributed by atoms with van der Waals surface area (Å²) in [5.74, 6) is -1.98. The molecule has 3 rings (SSSR count). The highest BCUT2D eigenvalue weighted by Crippen LogP contribution is 2.32. The van der Waals surface area contributed by atoms with Crippen LogP contribution in [0.1, 0.15) is 5.56 Å². The van der Waals surface area contributed by atoms with Crippen molar-refractivity contribution in [3.63, 3.8) is 0 Å². The quantitative estimate of drug-likeness (QED) is 0.771. The molecule has 1 heterocycles. The molecular formula is C16H11F2NO2. The van der Waals surface area contributed by atoms with E-state index in [1.165, 1.54) is 24.3 Å². The Hall–Kier alpha value is -2.69. The zero-order valence-corrected chi connectivity index (χ0v) is 10.9. The average Bonchev–Trinajstić information content (AvgIpc) is 2.77. The molecule has 0 radical (unpaired) electrons. The van der Waals surface area contributed by atoms with E-state index in [0.29, 0.717) is 22.2 Å². The summed E-state index contributed by atoms with van der Waals surface area (Å²) >= 11 is 0. The number of aromatic amines is 1. The molecule has 0 amide bonds. The largest absolute Gasteiger partial charge is 0.481 e. The van der Waals surface area contributed by atoms with Crippen LogP contribution in [0.5, 0.6) is 0 Å². The second kappa shape index (κ2) is 5.01. The van der Waals surface area contributed by atoms with Gasteiger partial charge >= 0.3 is 5.97 Å². The lowest BCUT2D eigenvalue weighted by molar-refractivity contribution is -0.136. The highest BCUT2D eigenvalue weighted by molar-refractivity contribution is 5.94. The Morgan fingerprint density at radius 3 is 2.62 bits per heavy atom. The van der Waals surface area contributed by atoms with Crippen LogP contribution in [0.15, 0.2) is 42.5 Å². The monoisotopic (exact) mass is 287 g/mol. The van der Waals surface area contributed by atoms with Crippen LogP contribution < -0.4 is 0 Å². The first-order valence-electron chi connectivity index (χ1n) is 6.33. The number of carboxylic acids is 1. The van der Waals surface area contributed by atoms with Gasteiger partial charge in [0.15, 0.2) is 0 Å². The summed E-state index contributed by atoms with van der Waals surface area (Å²) in [5.41, 5.74) is 1.59. The Kier molecular flexibility index (Phi) is 3.17. The molecule has 0 aliphatic heterocycles. The zero-order valence-electron chi connectivity index (χ0n) is 10.9. The third-order valence-corrected chi connectivity index (χ3v) is 3.34. The van der Waals surface area contributed by atoms with E-state index in [1.807, 2.05) is 0 Å². The van der Waals surface area contributed by atoms with E-state index in [4.69, 9.17) is 5.11 Å². The van der Waals surface area contributed by atoms with E-state index in [9.17, 15) is 13.6 Å². The highest BCUT2D eigenvalue weighted by atomic mass is 19.1. The summed E-state index contributed by atoms with van der Waals surface area (Å²) < 4.78 is 27.4. The van der Waals surface area contributed by atoms with Crippen LogP contribution in [0.3, 0.4) is 0 Å². The van der Waals surface area contributed by atoms with Gasteiger partial charge in [0.25, 0.3) is 0 Å². The summed E-state index contributed by atoms with van der Waals surface area (Å²) in [6, 6.07) is 10.1. The molecule has 0 atom stereocenters. The molecule has 0 unspecified atom stereocenters. The van der Waals surface area contributed by atoms with Crippen LogP contribution in [0.2, 0.25) is 0 Å². The minimum absolute atomic E-state index is 0.269. The summed E-state index contributed by atoms with van der Waals surface area (Å²) in [5, 5.41) is 9.51. The van der Waals surface area contributed by atoms with Gasteiger partial charge in [-0.25, -0.2) is 8.78 Å². The lowest BCUT2D eigenvalue weighted by Crippen LogP contribution is -2.01. The molecule has 0 aliphatic rings. The first-order valence-corrected chi connectivity index (χ1v) is 6.33. The van der Waals surface area contributed by atoms with Crippen LogP contribution in [-0.4, -0.2) is 16.1 Å². The Balaban J connectivity index is 2.31. The van der Waals surface area contributed by atoms with Crippen molar-refractivity contribution in [3.05, 3.63) is 59.7 Å². The number of aromatic nitrogens is 1. The van der Waals surface area contributed by atoms with Crippen molar-refractivity contribution in [3.8, 4) is 11.3 Å².